The third-order valence-electron chi connectivity index (χ3n) is 3.75. The van der Waals surface area contributed by atoms with Crippen molar-refractivity contribution in [2.75, 3.05) is 14.2 Å². The highest BCUT2D eigenvalue weighted by Gasteiger charge is 2.14. The zero-order chi connectivity index (χ0) is 17.8. The zero-order valence-electron chi connectivity index (χ0n) is 13.8. The molecule has 5 heteroatoms. The van der Waals surface area contributed by atoms with Crippen LogP contribution in [0.5, 0.6) is 11.5 Å². The van der Waals surface area contributed by atoms with Crippen molar-refractivity contribution in [3.8, 4) is 17.6 Å². The highest BCUT2D eigenvalue weighted by atomic mass is 16.5. The van der Waals surface area contributed by atoms with Crippen LogP contribution < -0.4 is 9.47 Å². The molecule has 1 aromatic heterocycles. The van der Waals surface area contributed by atoms with Gasteiger partial charge in [0.25, 0.3) is 0 Å². The van der Waals surface area contributed by atoms with Crippen LogP contribution in [0.4, 0.5) is 0 Å². The Bertz CT molecular complexity index is 991. The summed E-state index contributed by atoms with van der Waals surface area (Å²) in [7, 11) is 3.11. The van der Waals surface area contributed by atoms with Crippen LogP contribution in [0.2, 0.25) is 0 Å². The molecular weight excluding hydrogens is 318 g/mol. The number of furan rings is 1. The molecule has 0 aliphatic carbocycles. The number of fused-ring (bicyclic) bond motifs is 1. The van der Waals surface area contributed by atoms with Gasteiger partial charge in [-0.05, 0) is 36.4 Å². The van der Waals surface area contributed by atoms with Gasteiger partial charge >= 0.3 is 0 Å². The van der Waals surface area contributed by atoms with E-state index in [0.717, 1.165) is 5.39 Å². The maximum Gasteiger partial charge on any atom is 0.203 e. The molecule has 3 rings (SSSR count). The molecule has 0 atom stereocenters. The molecule has 0 saturated carbocycles. The lowest BCUT2D eigenvalue weighted by atomic mass is 10.0. The standard InChI is InChI=1S/C20H15NO4/c1-23-16-8-6-13(7-9-16)19(22)15(12-21)11-17-10-14-4-3-5-18(24-2)20(14)25-17/h3-11H,1-2H3/b15-11+. The number of ketones is 1. The van der Waals surface area contributed by atoms with Crippen molar-refractivity contribution in [3.63, 3.8) is 0 Å². The van der Waals surface area contributed by atoms with E-state index in [2.05, 4.69) is 0 Å². The van der Waals surface area contributed by atoms with Gasteiger partial charge in [-0.3, -0.25) is 4.79 Å². The molecular formula is C20H15NO4. The zero-order valence-corrected chi connectivity index (χ0v) is 13.8. The van der Waals surface area contributed by atoms with Crippen molar-refractivity contribution in [1.82, 2.24) is 0 Å². The first kappa shape index (κ1) is 16.3. The molecule has 0 radical (unpaired) electrons. The topological polar surface area (TPSA) is 72.5 Å². The van der Waals surface area contributed by atoms with Gasteiger partial charge < -0.3 is 13.9 Å². The van der Waals surface area contributed by atoms with Crippen molar-refractivity contribution >= 4 is 22.8 Å². The van der Waals surface area contributed by atoms with Crippen molar-refractivity contribution in [1.29, 1.82) is 5.26 Å². The van der Waals surface area contributed by atoms with Gasteiger partial charge in [-0.1, -0.05) is 12.1 Å². The van der Waals surface area contributed by atoms with Gasteiger partial charge in [-0.2, -0.15) is 5.26 Å². The predicted octanol–water partition coefficient (Wildman–Crippen LogP) is 4.24. The van der Waals surface area contributed by atoms with Gasteiger partial charge in [0.2, 0.25) is 5.78 Å². The second kappa shape index (κ2) is 6.93. The second-order valence-corrected chi connectivity index (χ2v) is 5.25. The quantitative estimate of drug-likeness (QED) is 0.397. The molecule has 5 nitrogen and oxygen atoms in total. The summed E-state index contributed by atoms with van der Waals surface area (Å²) in [6.45, 7) is 0. The van der Waals surface area contributed by atoms with Crippen LogP contribution in [-0.2, 0) is 0 Å². The monoisotopic (exact) mass is 333 g/mol. The SMILES string of the molecule is COc1ccc(C(=O)/C(C#N)=C/c2cc3cccc(OC)c3o2)cc1. The number of ether oxygens (including phenoxy) is 2. The van der Waals surface area contributed by atoms with Crippen LogP contribution >= 0.6 is 0 Å². The fraction of sp³-hybridized carbons (Fsp3) is 0.100. The summed E-state index contributed by atoms with van der Waals surface area (Å²) in [5.41, 5.74) is 0.968. The maximum absolute atomic E-state index is 12.5. The molecule has 1 heterocycles. The number of allylic oxidation sites excluding steroid dienone is 1. The number of benzene rings is 2. The minimum Gasteiger partial charge on any atom is -0.497 e. The fourth-order valence-corrected chi connectivity index (χ4v) is 2.48. The van der Waals surface area contributed by atoms with E-state index in [1.807, 2.05) is 18.2 Å². The summed E-state index contributed by atoms with van der Waals surface area (Å²) in [5, 5.41) is 10.2. The van der Waals surface area contributed by atoms with Gasteiger partial charge in [0.1, 0.15) is 23.2 Å². The van der Waals surface area contributed by atoms with Crippen LogP contribution in [0.15, 0.2) is 58.5 Å². The molecule has 0 bridgehead atoms. The molecule has 25 heavy (non-hydrogen) atoms. The van der Waals surface area contributed by atoms with E-state index in [9.17, 15) is 10.1 Å². The number of methoxy groups -OCH3 is 2. The average Bonchev–Trinajstić information content (AvgIpc) is 3.08. The summed E-state index contributed by atoms with van der Waals surface area (Å²) < 4.78 is 16.0. The first-order chi connectivity index (χ1) is 12.2. The van der Waals surface area contributed by atoms with E-state index in [-0.39, 0.29) is 11.4 Å². The van der Waals surface area contributed by atoms with Crippen molar-refractivity contribution in [2.24, 2.45) is 0 Å². The summed E-state index contributed by atoms with van der Waals surface area (Å²) >= 11 is 0. The molecule has 0 spiro atoms. The minimum absolute atomic E-state index is 0.0109. The Morgan fingerprint density at radius 1 is 1.12 bits per heavy atom. The molecule has 2 aromatic carbocycles. The molecule has 124 valence electrons. The Labute approximate surface area is 144 Å². The van der Waals surface area contributed by atoms with Crippen molar-refractivity contribution in [3.05, 3.63) is 65.4 Å². The molecule has 0 fully saturated rings. The van der Waals surface area contributed by atoms with Gasteiger partial charge in [0.15, 0.2) is 11.3 Å². The summed E-state index contributed by atoms with van der Waals surface area (Å²) in [4.78, 5) is 12.5. The number of carbonyl (C=O) groups is 1. The largest absolute Gasteiger partial charge is 0.497 e. The number of rotatable bonds is 5. The van der Waals surface area contributed by atoms with E-state index >= 15 is 0 Å². The van der Waals surface area contributed by atoms with Gasteiger partial charge in [0.05, 0.1) is 14.2 Å². The molecule has 0 aliphatic heterocycles. The lowest BCUT2D eigenvalue weighted by Crippen LogP contribution is -2.01. The van der Waals surface area contributed by atoms with Crippen LogP contribution in [0, 0.1) is 11.3 Å². The Morgan fingerprint density at radius 2 is 1.88 bits per heavy atom. The van der Waals surface area contributed by atoms with Gasteiger partial charge in [0, 0.05) is 17.0 Å². The predicted molar refractivity (Wildman–Crippen MR) is 93.7 cm³/mol. The lowest BCUT2D eigenvalue weighted by Gasteiger charge is -2.02. The van der Waals surface area contributed by atoms with E-state index in [0.29, 0.717) is 28.4 Å². The van der Waals surface area contributed by atoms with Gasteiger partial charge in [-0.15, -0.1) is 0 Å². The van der Waals surface area contributed by atoms with E-state index in [4.69, 9.17) is 13.9 Å². The van der Waals surface area contributed by atoms with E-state index < -0.39 is 0 Å². The number of nitriles is 1. The molecule has 3 aromatic rings. The molecule has 0 unspecified atom stereocenters. The molecule has 0 saturated heterocycles. The van der Waals surface area contributed by atoms with E-state index in [1.165, 1.54) is 6.08 Å². The molecule has 0 amide bonds. The highest BCUT2D eigenvalue weighted by Crippen LogP contribution is 2.29. The number of para-hydroxylation sites is 1. The van der Waals surface area contributed by atoms with E-state index in [1.54, 1.807) is 50.6 Å². The first-order valence-electron chi connectivity index (χ1n) is 7.53. The third kappa shape index (κ3) is 3.24. The summed E-state index contributed by atoms with van der Waals surface area (Å²) in [6, 6.07) is 15.8. The summed E-state index contributed by atoms with van der Waals surface area (Å²) in [6.07, 6.45) is 1.44. The number of nitrogens with zero attached hydrogens (tertiary/aromatic N) is 1. The highest BCUT2D eigenvalue weighted by molar-refractivity contribution is 6.14. The minimum atomic E-state index is -0.377. The van der Waals surface area contributed by atoms with Gasteiger partial charge in [-0.25, -0.2) is 0 Å². The van der Waals surface area contributed by atoms with Crippen LogP contribution in [0.3, 0.4) is 0 Å². The molecule has 0 N–H and O–H groups in total. The Kier molecular flexibility index (Phi) is 4.53. The summed E-state index contributed by atoms with van der Waals surface area (Å²) in [5.74, 6) is 1.27. The maximum atomic E-state index is 12.5. The first-order valence-corrected chi connectivity index (χ1v) is 7.53. The van der Waals surface area contributed by atoms with Crippen LogP contribution in [-0.4, -0.2) is 20.0 Å². The van der Waals surface area contributed by atoms with Crippen molar-refractivity contribution < 1.29 is 18.7 Å². The third-order valence-corrected chi connectivity index (χ3v) is 3.75. The Morgan fingerprint density at radius 3 is 2.52 bits per heavy atom. The molecule has 0 aliphatic rings. The number of hydrogen-bond donors (Lipinski definition) is 0. The Balaban J connectivity index is 1.97. The van der Waals surface area contributed by atoms with Crippen LogP contribution in [0.1, 0.15) is 16.1 Å². The van der Waals surface area contributed by atoms with Crippen LogP contribution in [0.25, 0.3) is 17.0 Å². The van der Waals surface area contributed by atoms with Crippen molar-refractivity contribution in [2.45, 2.75) is 0 Å². The Hall–Kier alpha value is -3.52. The number of hydrogen-bond acceptors (Lipinski definition) is 5. The second-order valence-electron chi connectivity index (χ2n) is 5.25. The normalized spacial score (nSPS) is 11.2. The number of carbonyl (C=O) groups excluding carboxylic acids is 1. The average molecular weight is 333 g/mol. The fourth-order valence-electron chi connectivity index (χ4n) is 2.48. The number of Topliss-reactive ketones (excluding diaryl/α,β-unsaturated/α-hetero) is 1. The smallest absolute Gasteiger partial charge is 0.203 e. The lowest BCUT2D eigenvalue weighted by molar-refractivity contribution is 0.104.